The Morgan fingerprint density at radius 3 is 2.65 bits per heavy atom. The molecule has 1 rings (SSSR count). The third kappa shape index (κ3) is 4.90. The molecule has 0 saturated carbocycles. The molecule has 1 nitrogen and oxygen atoms in total. The van der Waals surface area contributed by atoms with E-state index in [0.29, 0.717) is 6.42 Å². The van der Waals surface area contributed by atoms with Crippen molar-refractivity contribution < 1.29 is 49.2 Å². The molecule has 1 radical (unpaired) electrons. The number of rotatable bonds is 2. The monoisotopic (exact) mass is 445 g/mol. The van der Waals surface area contributed by atoms with E-state index in [4.69, 9.17) is 6.42 Å². The van der Waals surface area contributed by atoms with Crippen molar-refractivity contribution in [3.8, 4) is 12.3 Å². The molecule has 0 saturated heterocycles. The summed E-state index contributed by atoms with van der Waals surface area (Å²) in [4.78, 5) is 0. The number of terminal acetylenes is 1. The van der Waals surface area contributed by atoms with Crippen LogP contribution in [0.25, 0.3) is 0 Å². The second kappa shape index (κ2) is 6.56. The zero-order valence-corrected chi connectivity index (χ0v) is 16.1. The zero-order valence-electron chi connectivity index (χ0n) is 11.4. The number of hydrogen-bond acceptors (Lipinski definition) is 1. The molecule has 0 aromatic heterocycles. The molecule has 0 aliphatic heterocycles. The quantitative estimate of drug-likeness (QED) is 0.646. The minimum Gasteiger partial charge on any atom is -0.378 e. The first-order valence-corrected chi connectivity index (χ1v) is 5.86. The van der Waals surface area contributed by atoms with Crippen molar-refractivity contribution in [2.24, 2.45) is 5.41 Å². The van der Waals surface area contributed by atoms with Crippen LogP contribution in [0.1, 0.15) is 47.0 Å². The van der Waals surface area contributed by atoms with E-state index in [0.717, 1.165) is 12.8 Å². The molecule has 1 aliphatic carbocycles. The Kier molecular flexibility index (Phi) is 6.73. The molecule has 0 spiro atoms. The van der Waals surface area contributed by atoms with Crippen LogP contribution in [0.3, 0.4) is 0 Å². The van der Waals surface area contributed by atoms with Gasteiger partial charge in [0.1, 0.15) is 5.60 Å². The Labute approximate surface area is 141 Å². The van der Waals surface area contributed by atoms with Gasteiger partial charge in [0.25, 0.3) is 0 Å². The maximum absolute atomic E-state index is 9.81. The van der Waals surface area contributed by atoms with Crippen molar-refractivity contribution in [3.05, 3.63) is 23.3 Å². The number of hydrogen-bond donors (Lipinski definition) is 1. The second-order valence-electron chi connectivity index (χ2n) is 5.55. The first-order chi connectivity index (χ1) is 7.28. The first-order valence-electron chi connectivity index (χ1n) is 5.86. The van der Waals surface area contributed by atoms with Crippen LogP contribution in [0.5, 0.6) is 0 Å². The van der Waals surface area contributed by atoms with Crippen LogP contribution in [0.4, 0.5) is 0 Å². The molecule has 1 aliphatic rings. The summed E-state index contributed by atoms with van der Waals surface area (Å²) in [7, 11) is 0. The molecule has 0 aromatic rings. The van der Waals surface area contributed by atoms with Gasteiger partial charge in [-0.25, -0.2) is 0 Å². The van der Waals surface area contributed by atoms with Gasteiger partial charge < -0.3 is 5.11 Å². The summed E-state index contributed by atoms with van der Waals surface area (Å²) in [5, 5.41) is 9.81. The molecule has 2 heteroatoms. The Bertz CT molecular complexity index is 367. The third-order valence-electron chi connectivity index (χ3n) is 3.39. The molecule has 0 aromatic carbocycles. The average molecular weight is 445 g/mol. The summed E-state index contributed by atoms with van der Waals surface area (Å²) in [5.74, 6) is 2.41. The third-order valence-corrected chi connectivity index (χ3v) is 3.39. The van der Waals surface area contributed by atoms with Crippen molar-refractivity contribution in [2.75, 3.05) is 0 Å². The predicted octanol–water partition coefficient (Wildman–Crippen LogP) is 3.45. The van der Waals surface area contributed by atoms with Crippen molar-refractivity contribution in [3.63, 3.8) is 0 Å². The van der Waals surface area contributed by atoms with E-state index in [1.807, 2.05) is 0 Å². The molecule has 17 heavy (non-hydrogen) atoms. The van der Waals surface area contributed by atoms with Gasteiger partial charge in [0.05, 0.1) is 0 Å². The molecule has 0 amide bonds. The van der Waals surface area contributed by atoms with Crippen molar-refractivity contribution in [1.82, 2.24) is 0 Å². The number of allylic oxidation sites excluding steroid dienone is 3. The van der Waals surface area contributed by atoms with Gasteiger partial charge in [0.2, 0.25) is 0 Å². The van der Waals surface area contributed by atoms with Gasteiger partial charge in [-0.1, -0.05) is 37.5 Å². The number of aliphatic hydroxyl groups is 1. The Morgan fingerprint density at radius 1 is 1.59 bits per heavy atom. The van der Waals surface area contributed by atoms with Crippen molar-refractivity contribution in [2.45, 2.75) is 52.6 Å². The van der Waals surface area contributed by atoms with E-state index in [9.17, 15) is 5.11 Å². The Balaban J connectivity index is 0.00000256. The standard InChI is InChI=1S/C15H22O.Ac/c1-6-15(5,16)11-9-13-12(2)8-7-10-14(13,3)4;/h1,8-9,16H,7,10-11H2,2-5H3;/b13-9+;. The molecular weight excluding hydrogens is 423 g/mol. The summed E-state index contributed by atoms with van der Waals surface area (Å²) < 4.78 is 0. The predicted molar refractivity (Wildman–Crippen MR) is 68.9 cm³/mol. The van der Waals surface area contributed by atoms with Gasteiger partial charge in [0, 0.05) is 50.5 Å². The van der Waals surface area contributed by atoms with Gasteiger partial charge in [-0.15, -0.1) is 6.42 Å². The molecule has 1 N–H and O–H groups in total. The van der Waals surface area contributed by atoms with Gasteiger partial charge in [-0.2, -0.15) is 0 Å². The van der Waals surface area contributed by atoms with E-state index >= 15 is 0 Å². The molecule has 0 heterocycles. The van der Waals surface area contributed by atoms with Crippen molar-refractivity contribution in [1.29, 1.82) is 0 Å². The van der Waals surface area contributed by atoms with Gasteiger partial charge in [-0.05, 0) is 37.7 Å². The van der Waals surface area contributed by atoms with Crippen LogP contribution in [-0.4, -0.2) is 10.7 Å². The fraction of sp³-hybridized carbons (Fsp3) is 0.600. The fourth-order valence-corrected chi connectivity index (χ4v) is 2.22. The zero-order chi connectivity index (χ0) is 12.4. The van der Waals surface area contributed by atoms with E-state index in [1.54, 1.807) is 6.92 Å². The Hall–Kier alpha value is 0.442. The van der Waals surface area contributed by atoms with Gasteiger partial charge in [-0.3, -0.25) is 0 Å². The average Bonchev–Trinajstić information content (AvgIpc) is 2.16. The van der Waals surface area contributed by atoms with E-state index in [2.05, 4.69) is 38.8 Å². The molecule has 1 atom stereocenters. The van der Waals surface area contributed by atoms with Crippen LogP contribution < -0.4 is 0 Å². The molecule has 1 unspecified atom stereocenters. The minimum atomic E-state index is -1.03. The Morgan fingerprint density at radius 2 is 2.18 bits per heavy atom. The van der Waals surface area contributed by atoms with Gasteiger partial charge in [0.15, 0.2) is 0 Å². The largest absolute Gasteiger partial charge is 0.378 e. The topological polar surface area (TPSA) is 20.2 Å². The van der Waals surface area contributed by atoms with Crippen molar-refractivity contribution >= 4 is 0 Å². The SMILES string of the molecule is C#CC(C)(O)C/C=C1\C(C)=CCCC1(C)C.[Ac]. The normalized spacial score (nSPS) is 24.2. The first kappa shape index (κ1) is 17.4. The van der Waals surface area contributed by atoms with E-state index in [-0.39, 0.29) is 49.5 Å². The maximum Gasteiger partial charge on any atom is 0.125 e. The summed E-state index contributed by atoms with van der Waals surface area (Å²) in [6, 6.07) is 0. The van der Waals surface area contributed by atoms with E-state index < -0.39 is 5.60 Å². The summed E-state index contributed by atoms with van der Waals surface area (Å²) in [6.45, 7) is 8.32. The van der Waals surface area contributed by atoms with Crippen LogP contribution >= 0.6 is 0 Å². The summed E-state index contributed by atoms with van der Waals surface area (Å²) in [6.07, 6.45) is 12.5. The van der Waals surface area contributed by atoms with Crippen LogP contribution in [0.15, 0.2) is 23.3 Å². The smallest absolute Gasteiger partial charge is 0.125 e. The molecule has 91 valence electrons. The summed E-state index contributed by atoms with van der Waals surface area (Å²) in [5.41, 5.74) is 1.82. The molecule has 0 bridgehead atoms. The van der Waals surface area contributed by atoms with E-state index in [1.165, 1.54) is 11.1 Å². The second-order valence-corrected chi connectivity index (χ2v) is 5.55. The molecular formula is C15H22AcO. The maximum atomic E-state index is 9.81. The van der Waals surface area contributed by atoms with Gasteiger partial charge >= 0.3 is 0 Å². The minimum absolute atomic E-state index is 0. The summed E-state index contributed by atoms with van der Waals surface area (Å²) >= 11 is 0. The fourth-order valence-electron chi connectivity index (χ4n) is 2.22. The molecule has 0 fully saturated rings. The van der Waals surface area contributed by atoms with Crippen LogP contribution in [0.2, 0.25) is 0 Å². The van der Waals surface area contributed by atoms with Crippen LogP contribution in [0, 0.1) is 61.8 Å². The van der Waals surface area contributed by atoms with Crippen LogP contribution in [-0.2, 0) is 0 Å².